The average Bonchev–Trinajstić information content (AvgIpc) is 3.31. The van der Waals surface area contributed by atoms with Crippen LogP contribution in [0.25, 0.3) is 0 Å². The van der Waals surface area contributed by atoms with Gasteiger partial charge < -0.3 is 24.7 Å². The second kappa shape index (κ2) is 13.4. The van der Waals surface area contributed by atoms with Gasteiger partial charge >= 0.3 is 5.97 Å². The predicted octanol–water partition coefficient (Wildman–Crippen LogP) is 3.63. The molecule has 37 heavy (non-hydrogen) atoms. The summed E-state index contributed by atoms with van der Waals surface area (Å²) in [6.07, 6.45) is 0.233. The summed E-state index contributed by atoms with van der Waals surface area (Å²) >= 11 is 1.26. The van der Waals surface area contributed by atoms with Gasteiger partial charge in [-0.2, -0.15) is 0 Å². The number of hydrogen-bond acceptors (Lipinski definition) is 8. The number of thioether (sulfide) groups is 1. The van der Waals surface area contributed by atoms with E-state index in [-0.39, 0.29) is 30.0 Å². The van der Waals surface area contributed by atoms with Crippen LogP contribution < -0.4 is 15.4 Å². The van der Waals surface area contributed by atoms with Crippen LogP contribution in [0.15, 0.2) is 53.7 Å². The van der Waals surface area contributed by atoms with E-state index in [2.05, 4.69) is 20.8 Å². The first kappa shape index (κ1) is 27.7. The van der Waals surface area contributed by atoms with Gasteiger partial charge in [-0.05, 0) is 62.7 Å². The molecule has 0 saturated carbocycles. The molecule has 0 fully saturated rings. The molecule has 0 saturated heterocycles. The van der Waals surface area contributed by atoms with Gasteiger partial charge in [0, 0.05) is 12.2 Å². The molecule has 11 heteroatoms. The minimum absolute atomic E-state index is 0.121. The number of esters is 1. The Balaban J connectivity index is 1.54. The Morgan fingerprint density at radius 2 is 1.70 bits per heavy atom. The van der Waals surface area contributed by atoms with E-state index in [0.29, 0.717) is 35.4 Å². The van der Waals surface area contributed by atoms with E-state index in [1.165, 1.54) is 11.8 Å². The number of nitrogens with one attached hydrogen (secondary N) is 2. The lowest BCUT2D eigenvalue weighted by molar-refractivity contribution is -0.121. The van der Waals surface area contributed by atoms with Crippen LogP contribution >= 0.6 is 11.8 Å². The molecule has 0 radical (unpaired) electrons. The summed E-state index contributed by atoms with van der Waals surface area (Å²) in [4.78, 5) is 36.8. The first-order chi connectivity index (χ1) is 17.8. The maximum Gasteiger partial charge on any atom is 0.338 e. The first-order valence-corrected chi connectivity index (χ1v) is 12.9. The van der Waals surface area contributed by atoms with Crippen LogP contribution in [0.1, 0.15) is 48.6 Å². The van der Waals surface area contributed by atoms with Gasteiger partial charge in [0.05, 0.1) is 37.5 Å². The van der Waals surface area contributed by atoms with Crippen LogP contribution in [0.3, 0.4) is 0 Å². The largest absolute Gasteiger partial charge is 0.497 e. The lowest BCUT2D eigenvalue weighted by atomic mass is 10.1. The van der Waals surface area contributed by atoms with E-state index in [9.17, 15) is 14.4 Å². The van der Waals surface area contributed by atoms with Crippen LogP contribution in [0.2, 0.25) is 0 Å². The van der Waals surface area contributed by atoms with Gasteiger partial charge in [-0.1, -0.05) is 23.9 Å². The molecule has 2 aromatic carbocycles. The highest BCUT2D eigenvalue weighted by Gasteiger charge is 2.20. The third kappa shape index (κ3) is 7.81. The van der Waals surface area contributed by atoms with Gasteiger partial charge in [0.2, 0.25) is 11.8 Å². The fourth-order valence-electron chi connectivity index (χ4n) is 3.54. The molecule has 3 rings (SSSR count). The quantitative estimate of drug-likeness (QED) is 0.271. The first-order valence-electron chi connectivity index (χ1n) is 11.9. The number of nitrogens with zero attached hydrogens (tertiary/aromatic N) is 3. The molecule has 1 heterocycles. The summed E-state index contributed by atoms with van der Waals surface area (Å²) in [5.41, 5.74) is 1.87. The molecule has 3 aromatic rings. The monoisotopic (exact) mass is 525 g/mol. The van der Waals surface area contributed by atoms with Crippen LogP contribution in [0.4, 0.5) is 5.69 Å². The second-order valence-electron chi connectivity index (χ2n) is 8.03. The van der Waals surface area contributed by atoms with Gasteiger partial charge in [-0.15, -0.1) is 10.2 Å². The number of benzene rings is 2. The lowest BCUT2D eigenvalue weighted by Crippen LogP contribution is -2.30. The molecule has 10 nitrogen and oxygen atoms in total. The number of rotatable bonds is 12. The van der Waals surface area contributed by atoms with Gasteiger partial charge in [0.1, 0.15) is 5.75 Å². The van der Waals surface area contributed by atoms with Crippen molar-refractivity contribution >= 4 is 35.2 Å². The smallest absolute Gasteiger partial charge is 0.338 e. The number of aromatic nitrogens is 3. The van der Waals surface area contributed by atoms with Crippen LogP contribution in [-0.2, 0) is 27.3 Å². The Labute approximate surface area is 220 Å². The maximum absolute atomic E-state index is 12.6. The second-order valence-corrected chi connectivity index (χ2v) is 8.98. The topological polar surface area (TPSA) is 124 Å². The zero-order valence-electron chi connectivity index (χ0n) is 21.3. The van der Waals surface area contributed by atoms with E-state index >= 15 is 0 Å². The van der Waals surface area contributed by atoms with E-state index in [1.807, 2.05) is 42.7 Å². The molecular formula is C26H31N5O5S. The number of hydrogen-bond donors (Lipinski definition) is 2. The van der Waals surface area contributed by atoms with Gasteiger partial charge in [-0.25, -0.2) is 4.79 Å². The predicted molar refractivity (Wildman–Crippen MR) is 141 cm³/mol. The van der Waals surface area contributed by atoms with Crippen molar-refractivity contribution in [1.29, 1.82) is 0 Å². The molecule has 1 atom stereocenters. The molecule has 0 unspecified atom stereocenters. The van der Waals surface area contributed by atoms with Gasteiger partial charge in [-0.3, -0.25) is 9.59 Å². The number of carbonyl (C=O) groups excluding carboxylic acids is 3. The normalized spacial score (nSPS) is 11.5. The molecule has 2 N–H and O–H groups in total. The molecule has 0 aliphatic carbocycles. The van der Waals surface area contributed by atoms with Crippen molar-refractivity contribution in [2.75, 3.05) is 24.8 Å². The highest BCUT2D eigenvalue weighted by molar-refractivity contribution is 7.99. The summed E-state index contributed by atoms with van der Waals surface area (Å²) in [5.74, 6) is 0.711. The Hall–Kier alpha value is -3.86. The number of ether oxygens (including phenoxy) is 2. The molecule has 1 aromatic heterocycles. The molecule has 196 valence electrons. The van der Waals surface area contributed by atoms with Crippen molar-refractivity contribution in [3.05, 3.63) is 65.5 Å². The van der Waals surface area contributed by atoms with Crippen LogP contribution in [0, 0.1) is 0 Å². The molecule has 2 amide bonds. The number of anilines is 1. The summed E-state index contributed by atoms with van der Waals surface area (Å²) in [6, 6.07) is 13.5. The van der Waals surface area contributed by atoms with E-state index in [1.54, 1.807) is 38.3 Å². The van der Waals surface area contributed by atoms with Crippen LogP contribution in [0.5, 0.6) is 5.75 Å². The summed E-state index contributed by atoms with van der Waals surface area (Å²) in [7, 11) is 1.60. The summed E-state index contributed by atoms with van der Waals surface area (Å²) < 4.78 is 12.0. The van der Waals surface area contributed by atoms with E-state index in [4.69, 9.17) is 9.47 Å². The number of amides is 2. The highest BCUT2D eigenvalue weighted by Crippen LogP contribution is 2.21. The SMILES string of the molecule is CCOC(=O)c1ccc(NC(=O)CSc2nnc([C@@H](C)NC(=O)Cc3ccc(OC)cc3)n2CC)cc1. The van der Waals surface area contributed by atoms with Crippen molar-refractivity contribution in [2.45, 2.75) is 44.9 Å². The van der Waals surface area contributed by atoms with Crippen molar-refractivity contribution in [3.63, 3.8) is 0 Å². The minimum Gasteiger partial charge on any atom is -0.497 e. The highest BCUT2D eigenvalue weighted by atomic mass is 32.2. The molecule has 0 aliphatic rings. The zero-order valence-corrected chi connectivity index (χ0v) is 22.1. The van der Waals surface area contributed by atoms with Crippen LogP contribution in [-0.4, -0.2) is 52.0 Å². The van der Waals surface area contributed by atoms with Crippen molar-refractivity contribution in [1.82, 2.24) is 20.1 Å². The fourth-order valence-corrected chi connectivity index (χ4v) is 4.35. The van der Waals surface area contributed by atoms with Gasteiger partial charge in [0.15, 0.2) is 11.0 Å². The van der Waals surface area contributed by atoms with E-state index in [0.717, 1.165) is 11.3 Å². The number of carbonyl (C=O) groups is 3. The van der Waals surface area contributed by atoms with E-state index < -0.39 is 5.97 Å². The molecule has 0 aliphatic heterocycles. The Morgan fingerprint density at radius 1 is 1.00 bits per heavy atom. The minimum atomic E-state index is -0.406. The molecule has 0 bridgehead atoms. The standard InChI is InChI=1S/C26H31N5O5S/c1-5-31-24(17(3)27-22(32)15-18-7-13-21(35-4)14-8-18)29-30-26(31)37-16-23(33)28-20-11-9-19(10-12-20)25(34)36-6-2/h7-14,17H,5-6,15-16H2,1-4H3,(H,27,32)(H,28,33)/t17-/m1/s1. The zero-order chi connectivity index (χ0) is 26.8. The number of methoxy groups -OCH3 is 1. The Kier molecular flexibility index (Phi) is 10.1. The Morgan fingerprint density at radius 3 is 2.32 bits per heavy atom. The third-order valence-electron chi connectivity index (χ3n) is 5.36. The van der Waals surface area contributed by atoms with Crippen molar-refractivity contribution in [3.8, 4) is 5.75 Å². The molecule has 0 spiro atoms. The van der Waals surface area contributed by atoms with Gasteiger partial charge in [0.25, 0.3) is 0 Å². The van der Waals surface area contributed by atoms with Crippen molar-refractivity contribution < 1.29 is 23.9 Å². The summed E-state index contributed by atoms with van der Waals surface area (Å²) in [6.45, 7) is 6.43. The maximum atomic E-state index is 12.6. The lowest BCUT2D eigenvalue weighted by Gasteiger charge is -2.15. The average molecular weight is 526 g/mol. The molecular weight excluding hydrogens is 494 g/mol. The van der Waals surface area contributed by atoms with Crippen molar-refractivity contribution in [2.24, 2.45) is 0 Å². The summed E-state index contributed by atoms with van der Waals surface area (Å²) in [5, 5.41) is 14.8. The Bertz CT molecular complexity index is 1210. The fraction of sp³-hybridized carbons (Fsp3) is 0.346. The third-order valence-corrected chi connectivity index (χ3v) is 6.33.